The lowest BCUT2D eigenvalue weighted by Gasteiger charge is -2.04. The molecule has 0 amide bonds. The predicted molar refractivity (Wildman–Crippen MR) is 82.3 cm³/mol. The van der Waals surface area contributed by atoms with Crippen molar-refractivity contribution < 1.29 is 9.53 Å². The quantitative estimate of drug-likeness (QED) is 0.690. The lowest BCUT2D eigenvalue weighted by molar-refractivity contribution is 0.108. The number of rotatable bonds is 4. The van der Waals surface area contributed by atoms with Gasteiger partial charge >= 0.3 is 0 Å². The SMILES string of the molecule is COc1cccc(C(=O)Sc2nnnn2-c2ccccc2)c1. The minimum Gasteiger partial charge on any atom is -0.497 e. The van der Waals surface area contributed by atoms with E-state index in [4.69, 9.17) is 4.74 Å². The number of carbonyl (C=O) groups is 1. The number of aromatic nitrogens is 4. The monoisotopic (exact) mass is 312 g/mol. The van der Waals surface area contributed by atoms with Gasteiger partial charge in [0.15, 0.2) is 0 Å². The highest BCUT2D eigenvalue weighted by Crippen LogP contribution is 2.24. The van der Waals surface area contributed by atoms with Crippen molar-refractivity contribution in [3.8, 4) is 11.4 Å². The highest BCUT2D eigenvalue weighted by atomic mass is 32.2. The second kappa shape index (κ2) is 6.40. The zero-order chi connectivity index (χ0) is 15.4. The van der Waals surface area contributed by atoms with Crippen LogP contribution in [0.3, 0.4) is 0 Å². The lowest BCUT2D eigenvalue weighted by atomic mass is 10.2. The summed E-state index contributed by atoms with van der Waals surface area (Å²) in [6, 6.07) is 16.4. The van der Waals surface area contributed by atoms with Gasteiger partial charge in [0.05, 0.1) is 12.8 Å². The molecule has 3 aromatic rings. The Morgan fingerprint density at radius 2 is 1.95 bits per heavy atom. The molecule has 110 valence electrons. The third kappa shape index (κ3) is 2.99. The molecule has 0 aliphatic heterocycles. The molecule has 0 bridgehead atoms. The van der Waals surface area contributed by atoms with Crippen LogP contribution in [-0.2, 0) is 0 Å². The molecule has 1 heterocycles. The minimum atomic E-state index is -0.147. The van der Waals surface area contributed by atoms with Crippen LogP contribution in [0.5, 0.6) is 5.75 Å². The number of tetrazole rings is 1. The van der Waals surface area contributed by atoms with Gasteiger partial charge in [0, 0.05) is 5.56 Å². The maximum atomic E-state index is 12.4. The number of thioether (sulfide) groups is 1. The van der Waals surface area contributed by atoms with Crippen LogP contribution < -0.4 is 4.74 Å². The number of benzene rings is 2. The normalized spacial score (nSPS) is 10.4. The van der Waals surface area contributed by atoms with E-state index in [1.807, 2.05) is 30.3 Å². The number of ether oxygens (including phenoxy) is 1. The summed E-state index contributed by atoms with van der Waals surface area (Å²) >= 11 is 0.976. The topological polar surface area (TPSA) is 69.9 Å². The fraction of sp³-hybridized carbons (Fsp3) is 0.0667. The Morgan fingerprint density at radius 3 is 2.73 bits per heavy atom. The van der Waals surface area contributed by atoms with Crippen LogP contribution in [0.2, 0.25) is 0 Å². The first-order valence-corrected chi connectivity index (χ1v) is 7.29. The number of hydrogen-bond acceptors (Lipinski definition) is 6. The Morgan fingerprint density at radius 1 is 1.14 bits per heavy atom. The average Bonchev–Trinajstić information content (AvgIpc) is 3.04. The standard InChI is InChI=1S/C15H12N4O2S/c1-21-13-9-5-6-11(10-13)14(20)22-15-16-17-18-19(15)12-7-3-2-4-8-12/h2-10H,1H3. The summed E-state index contributed by atoms with van der Waals surface area (Å²) in [6.07, 6.45) is 0. The van der Waals surface area contributed by atoms with Crippen LogP contribution in [0.25, 0.3) is 5.69 Å². The summed E-state index contributed by atoms with van der Waals surface area (Å²) in [5.74, 6) is 0.633. The fourth-order valence-corrected chi connectivity index (χ4v) is 2.58. The van der Waals surface area contributed by atoms with Crippen molar-refractivity contribution >= 4 is 16.9 Å². The summed E-state index contributed by atoms with van der Waals surface area (Å²) in [6.45, 7) is 0. The fourth-order valence-electron chi connectivity index (χ4n) is 1.87. The van der Waals surface area contributed by atoms with Crippen molar-refractivity contribution in [2.75, 3.05) is 7.11 Å². The lowest BCUT2D eigenvalue weighted by Crippen LogP contribution is -2.01. The van der Waals surface area contributed by atoms with Gasteiger partial charge in [-0.3, -0.25) is 4.79 Å². The van der Waals surface area contributed by atoms with E-state index >= 15 is 0 Å². The van der Waals surface area contributed by atoms with Gasteiger partial charge in [0.25, 0.3) is 0 Å². The van der Waals surface area contributed by atoms with E-state index in [1.165, 1.54) is 4.68 Å². The summed E-state index contributed by atoms with van der Waals surface area (Å²) in [7, 11) is 1.56. The largest absolute Gasteiger partial charge is 0.497 e. The molecule has 0 radical (unpaired) electrons. The molecule has 6 nitrogen and oxygen atoms in total. The molecule has 22 heavy (non-hydrogen) atoms. The Labute approximate surface area is 131 Å². The van der Waals surface area contributed by atoms with E-state index in [1.54, 1.807) is 31.4 Å². The first-order chi connectivity index (χ1) is 10.8. The van der Waals surface area contributed by atoms with Crippen molar-refractivity contribution in [3.63, 3.8) is 0 Å². The van der Waals surface area contributed by atoms with E-state index in [9.17, 15) is 4.79 Å². The zero-order valence-electron chi connectivity index (χ0n) is 11.7. The molecule has 3 rings (SSSR count). The molecule has 0 saturated heterocycles. The molecule has 0 spiro atoms. The van der Waals surface area contributed by atoms with Gasteiger partial charge in [-0.2, -0.15) is 4.68 Å². The van der Waals surface area contributed by atoms with Gasteiger partial charge in [-0.25, -0.2) is 0 Å². The molecule has 0 saturated carbocycles. The zero-order valence-corrected chi connectivity index (χ0v) is 12.5. The number of nitrogens with zero attached hydrogens (tertiary/aromatic N) is 4. The molecular weight excluding hydrogens is 300 g/mol. The highest BCUT2D eigenvalue weighted by molar-refractivity contribution is 8.14. The van der Waals surface area contributed by atoms with Crippen LogP contribution in [0.15, 0.2) is 59.8 Å². The van der Waals surface area contributed by atoms with Crippen molar-refractivity contribution in [2.45, 2.75) is 5.16 Å². The van der Waals surface area contributed by atoms with E-state index < -0.39 is 0 Å². The summed E-state index contributed by atoms with van der Waals surface area (Å²) < 4.78 is 6.66. The Hall–Kier alpha value is -2.67. The number of carbonyl (C=O) groups excluding carboxylic acids is 1. The molecule has 0 aliphatic rings. The molecule has 0 aliphatic carbocycles. The second-order valence-corrected chi connectivity index (χ2v) is 5.27. The first-order valence-electron chi connectivity index (χ1n) is 6.48. The van der Waals surface area contributed by atoms with Crippen molar-refractivity contribution in [1.29, 1.82) is 0 Å². The summed E-state index contributed by atoms with van der Waals surface area (Å²) in [4.78, 5) is 12.4. The second-order valence-electron chi connectivity index (χ2n) is 4.33. The van der Waals surface area contributed by atoms with Crippen LogP contribution in [-0.4, -0.2) is 32.4 Å². The maximum Gasteiger partial charge on any atom is 0.227 e. The van der Waals surface area contributed by atoms with E-state index in [0.29, 0.717) is 16.5 Å². The third-order valence-corrected chi connectivity index (χ3v) is 3.79. The van der Waals surface area contributed by atoms with Gasteiger partial charge < -0.3 is 4.74 Å². The molecule has 0 fully saturated rings. The maximum absolute atomic E-state index is 12.4. The van der Waals surface area contributed by atoms with Gasteiger partial charge in [0.2, 0.25) is 10.3 Å². The predicted octanol–water partition coefficient (Wildman–Crippen LogP) is 2.60. The van der Waals surface area contributed by atoms with Gasteiger partial charge in [-0.1, -0.05) is 30.3 Å². The van der Waals surface area contributed by atoms with E-state index in [0.717, 1.165) is 17.4 Å². The number of para-hydroxylation sites is 1. The van der Waals surface area contributed by atoms with Crippen LogP contribution in [0.1, 0.15) is 10.4 Å². The Bertz CT molecular complexity index is 789. The summed E-state index contributed by atoms with van der Waals surface area (Å²) in [5.41, 5.74) is 1.33. The Kier molecular flexibility index (Phi) is 4.15. The molecule has 2 aromatic carbocycles. The van der Waals surface area contributed by atoms with Gasteiger partial charge in [-0.15, -0.1) is 5.10 Å². The summed E-state index contributed by atoms with van der Waals surface area (Å²) in [5, 5.41) is 11.8. The highest BCUT2D eigenvalue weighted by Gasteiger charge is 2.15. The van der Waals surface area contributed by atoms with Gasteiger partial charge in [-0.05, 0) is 46.5 Å². The van der Waals surface area contributed by atoms with Crippen molar-refractivity contribution in [3.05, 3.63) is 60.2 Å². The van der Waals surface area contributed by atoms with Crippen molar-refractivity contribution in [1.82, 2.24) is 20.2 Å². The van der Waals surface area contributed by atoms with Gasteiger partial charge in [0.1, 0.15) is 5.75 Å². The van der Waals surface area contributed by atoms with Crippen LogP contribution in [0.4, 0.5) is 0 Å². The minimum absolute atomic E-state index is 0.147. The third-order valence-electron chi connectivity index (χ3n) is 2.93. The van der Waals surface area contributed by atoms with Crippen molar-refractivity contribution in [2.24, 2.45) is 0 Å². The smallest absolute Gasteiger partial charge is 0.227 e. The van der Waals surface area contributed by atoms with E-state index in [2.05, 4.69) is 15.5 Å². The molecule has 1 aromatic heterocycles. The van der Waals surface area contributed by atoms with Crippen LogP contribution >= 0.6 is 11.8 Å². The van der Waals surface area contributed by atoms with Crippen LogP contribution in [0, 0.1) is 0 Å². The number of methoxy groups -OCH3 is 1. The molecule has 0 atom stereocenters. The molecule has 0 N–H and O–H groups in total. The molecule has 7 heteroatoms. The molecule has 0 unspecified atom stereocenters. The first kappa shape index (κ1) is 14.3. The number of hydrogen-bond donors (Lipinski definition) is 0. The molecular formula is C15H12N4O2S. The average molecular weight is 312 g/mol. The van der Waals surface area contributed by atoms with E-state index in [-0.39, 0.29) is 5.12 Å². The Balaban J connectivity index is 1.85.